The molecule has 0 radical (unpaired) electrons. The van der Waals surface area contributed by atoms with E-state index in [1.807, 2.05) is 26.2 Å². The predicted octanol–water partition coefficient (Wildman–Crippen LogP) is 2.03. The van der Waals surface area contributed by atoms with Gasteiger partial charge in [-0.05, 0) is 12.8 Å². The molecule has 0 spiro atoms. The SMILES string of the molecule is Cc1csc(SCC(=O)NC(=O)NCC(C)C)n1. The molecule has 0 saturated carbocycles. The van der Waals surface area contributed by atoms with Crippen molar-refractivity contribution >= 4 is 35.0 Å². The first-order valence-corrected chi connectivity index (χ1v) is 7.46. The van der Waals surface area contributed by atoms with E-state index < -0.39 is 6.03 Å². The van der Waals surface area contributed by atoms with E-state index in [4.69, 9.17) is 0 Å². The third-order valence-corrected chi connectivity index (χ3v) is 3.99. The Bertz CT molecular complexity index is 418. The van der Waals surface area contributed by atoms with Crippen LogP contribution in [0.4, 0.5) is 4.79 Å². The van der Waals surface area contributed by atoms with Crippen molar-refractivity contribution in [3.05, 3.63) is 11.1 Å². The van der Waals surface area contributed by atoms with Gasteiger partial charge in [0.25, 0.3) is 0 Å². The van der Waals surface area contributed by atoms with Gasteiger partial charge in [-0.2, -0.15) is 0 Å². The molecule has 7 heteroatoms. The first-order valence-electron chi connectivity index (χ1n) is 5.60. The molecule has 0 aliphatic heterocycles. The lowest BCUT2D eigenvalue weighted by Gasteiger charge is -2.07. The number of aryl methyl sites for hydroxylation is 1. The Morgan fingerprint density at radius 1 is 1.50 bits per heavy atom. The van der Waals surface area contributed by atoms with E-state index in [1.165, 1.54) is 23.1 Å². The molecule has 0 atom stereocenters. The average molecular weight is 287 g/mol. The summed E-state index contributed by atoms with van der Waals surface area (Å²) in [6, 6.07) is -0.440. The van der Waals surface area contributed by atoms with E-state index in [9.17, 15) is 9.59 Å². The summed E-state index contributed by atoms with van der Waals surface area (Å²) in [5.74, 6) is 0.245. The Labute approximate surface area is 115 Å². The fraction of sp³-hybridized carbons (Fsp3) is 0.545. The lowest BCUT2D eigenvalue weighted by Crippen LogP contribution is -2.41. The molecular formula is C11H17N3O2S2. The molecule has 1 aromatic rings. The third-order valence-electron chi connectivity index (χ3n) is 1.85. The van der Waals surface area contributed by atoms with Crippen molar-refractivity contribution < 1.29 is 9.59 Å². The van der Waals surface area contributed by atoms with Gasteiger partial charge in [-0.1, -0.05) is 25.6 Å². The number of carbonyl (C=O) groups is 2. The highest BCUT2D eigenvalue weighted by atomic mass is 32.2. The van der Waals surface area contributed by atoms with Gasteiger partial charge < -0.3 is 5.32 Å². The summed E-state index contributed by atoms with van der Waals surface area (Å²) in [5, 5.41) is 6.83. The molecule has 0 unspecified atom stereocenters. The topological polar surface area (TPSA) is 71.1 Å². The van der Waals surface area contributed by atoms with E-state index in [2.05, 4.69) is 15.6 Å². The fourth-order valence-electron chi connectivity index (χ4n) is 1.03. The number of imide groups is 1. The van der Waals surface area contributed by atoms with Gasteiger partial charge in [0.2, 0.25) is 5.91 Å². The lowest BCUT2D eigenvalue weighted by atomic mass is 10.2. The summed E-state index contributed by atoms with van der Waals surface area (Å²) in [5.41, 5.74) is 0.942. The van der Waals surface area contributed by atoms with Crippen LogP contribution in [0.1, 0.15) is 19.5 Å². The van der Waals surface area contributed by atoms with Crippen molar-refractivity contribution in [2.45, 2.75) is 25.1 Å². The van der Waals surface area contributed by atoms with Crippen LogP contribution >= 0.6 is 23.1 Å². The molecule has 2 N–H and O–H groups in total. The number of nitrogens with zero attached hydrogens (tertiary/aromatic N) is 1. The van der Waals surface area contributed by atoms with Crippen LogP contribution in [-0.2, 0) is 4.79 Å². The minimum Gasteiger partial charge on any atom is -0.338 e. The van der Waals surface area contributed by atoms with Crippen LogP contribution in [-0.4, -0.2) is 29.2 Å². The Kier molecular flexibility index (Phi) is 6.14. The number of rotatable bonds is 5. The van der Waals surface area contributed by atoms with Crippen molar-refractivity contribution in [1.29, 1.82) is 0 Å². The quantitative estimate of drug-likeness (QED) is 0.813. The summed E-state index contributed by atoms with van der Waals surface area (Å²) >= 11 is 2.83. The number of thioether (sulfide) groups is 1. The fourth-order valence-corrected chi connectivity index (χ4v) is 2.68. The number of hydrogen-bond donors (Lipinski definition) is 2. The van der Waals surface area contributed by atoms with Gasteiger partial charge in [-0.3, -0.25) is 10.1 Å². The second-order valence-electron chi connectivity index (χ2n) is 4.20. The molecule has 0 aliphatic rings. The zero-order chi connectivity index (χ0) is 13.5. The van der Waals surface area contributed by atoms with Crippen molar-refractivity contribution in [2.24, 2.45) is 5.92 Å². The van der Waals surface area contributed by atoms with Crippen LogP contribution in [0.15, 0.2) is 9.72 Å². The first-order chi connectivity index (χ1) is 8.47. The van der Waals surface area contributed by atoms with Crippen molar-refractivity contribution in [2.75, 3.05) is 12.3 Å². The second-order valence-corrected chi connectivity index (χ2v) is 6.28. The average Bonchev–Trinajstić information content (AvgIpc) is 2.70. The molecule has 1 heterocycles. The van der Waals surface area contributed by atoms with Crippen molar-refractivity contribution in [3.63, 3.8) is 0 Å². The van der Waals surface area contributed by atoms with Crippen LogP contribution in [0.5, 0.6) is 0 Å². The molecule has 5 nitrogen and oxygen atoms in total. The van der Waals surface area contributed by atoms with Crippen LogP contribution in [0.2, 0.25) is 0 Å². The highest BCUT2D eigenvalue weighted by Gasteiger charge is 2.09. The number of urea groups is 1. The molecular weight excluding hydrogens is 270 g/mol. The Balaban J connectivity index is 2.23. The van der Waals surface area contributed by atoms with Crippen LogP contribution in [0.25, 0.3) is 0 Å². The summed E-state index contributed by atoms with van der Waals surface area (Å²) < 4.78 is 0.838. The molecule has 100 valence electrons. The molecule has 3 amide bonds. The highest BCUT2D eigenvalue weighted by molar-refractivity contribution is 8.01. The Morgan fingerprint density at radius 3 is 2.78 bits per heavy atom. The van der Waals surface area contributed by atoms with Crippen molar-refractivity contribution in [3.8, 4) is 0 Å². The van der Waals surface area contributed by atoms with Gasteiger partial charge in [-0.25, -0.2) is 9.78 Å². The zero-order valence-corrected chi connectivity index (χ0v) is 12.3. The van der Waals surface area contributed by atoms with Gasteiger partial charge in [0.15, 0.2) is 4.34 Å². The minimum absolute atomic E-state index is 0.196. The van der Waals surface area contributed by atoms with E-state index in [0.717, 1.165) is 10.0 Å². The summed E-state index contributed by atoms with van der Waals surface area (Å²) in [6.07, 6.45) is 0. The minimum atomic E-state index is -0.440. The largest absolute Gasteiger partial charge is 0.338 e. The summed E-state index contributed by atoms with van der Waals surface area (Å²) in [7, 11) is 0. The van der Waals surface area contributed by atoms with Crippen molar-refractivity contribution in [1.82, 2.24) is 15.6 Å². The monoisotopic (exact) mass is 287 g/mol. The molecule has 18 heavy (non-hydrogen) atoms. The number of aromatic nitrogens is 1. The summed E-state index contributed by atoms with van der Waals surface area (Å²) in [4.78, 5) is 27.0. The van der Waals surface area contributed by atoms with E-state index in [-0.39, 0.29) is 11.7 Å². The summed E-state index contributed by atoms with van der Waals surface area (Å²) in [6.45, 7) is 6.43. The van der Waals surface area contributed by atoms with E-state index in [0.29, 0.717) is 12.5 Å². The molecule has 1 aromatic heterocycles. The maximum absolute atomic E-state index is 11.5. The van der Waals surface area contributed by atoms with E-state index in [1.54, 1.807) is 0 Å². The molecule has 0 aliphatic carbocycles. The zero-order valence-electron chi connectivity index (χ0n) is 10.6. The number of hydrogen-bond acceptors (Lipinski definition) is 5. The molecule has 0 bridgehead atoms. The number of amides is 3. The second kappa shape index (κ2) is 7.38. The molecule has 0 aromatic carbocycles. The van der Waals surface area contributed by atoms with E-state index >= 15 is 0 Å². The number of thiazole rings is 1. The standard InChI is InChI=1S/C11H17N3O2S2/c1-7(2)4-12-10(16)14-9(15)6-18-11-13-8(3)5-17-11/h5,7H,4,6H2,1-3H3,(H2,12,14,15,16). The molecule has 1 rings (SSSR count). The van der Waals surface area contributed by atoms with Gasteiger partial charge in [0, 0.05) is 17.6 Å². The van der Waals surface area contributed by atoms with Crippen LogP contribution in [0, 0.1) is 12.8 Å². The van der Waals surface area contributed by atoms with Gasteiger partial charge in [0.05, 0.1) is 5.75 Å². The van der Waals surface area contributed by atoms with Gasteiger partial charge in [0.1, 0.15) is 0 Å². The maximum atomic E-state index is 11.5. The Morgan fingerprint density at radius 2 is 2.22 bits per heavy atom. The van der Waals surface area contributed by atoms with Gasteiger partial charge in [-0.15, -0.1) is 11.3 Å². The maximum Gasteiger partial charge on any atom is 0.321 e. The Hall–Kier alpha value is -1.08. The number of carbonyl (C=O) groups excluding carboxylic acids is 2. The van der Waals surface area contributed by atoms with Crippen LogP contribution < -0.4 is 10.6 Å². The lowest BCUT2D eigenvalue weighted by molar-refractivity contribution is -0.117. The highest BCUT2D eigenvalue weighted by Crippen LogP contribution is 2.21. The van der Waals surface area contributed by atoms with Gasteiger partial charge >= 0.3 is 6.03 Å². The predicted molar refractivity (Wildman–Crippen MR) is 74.0 cm³/mol. The smallest absolute Gasteiger partial charge is 0.321 e. The third kappa shape index (κ3) is 6.02. The van der Waals surface area contributed by atoms with Crippen LogP contribution in [0.3, 0.4) is 0 Å². The first kappa shape index (κ1) is 15.0. The normalized spacial score (nSPS) is 10.4. The number of nitrogens with one attached hydrogen (secondary N) is 2. The molecule has 0 saturated heterocycles. The molecule has 0 fully saturated rings.